The largest absolute Gasteiger partial charge is 0.346 e. The van der Waals surface area contributed by atoms with E-state index in [1.807, 2.05) is 10.7 Å². The van der Waals surface area contributed by atoms with Gasteiger partial charge in [0, 0.05) is 4.47 Å². The lowest BCUT2D eigenvalue weighted by Gasteiger charge is -2.31. The van der Waals surface area contributed by atoms with Crippen LogP contribution in [0.25, 0.3) is 0 Å². The van der Waals surface area contributed by atoms with E-state index in [-0.39, 0.29) is 12.1 Å². The number of nitrogens with zero attached hydrogens (tertiary/aromatic N) is 4. The van der Waals surface area contributed by atoms with Gasteiger partial charge in [-0.25, -0.2) is 4.68 Å². The van der Waals surface area contributed by atoms with Gasteiger partial charge in [-0.15, -0.1) is 0 Å². The van der Waals surface area contributed by atoms with Crippen LogP contribution < -0.4 is 5.32 Å². The smallest absolute Gasteiger partial charge is 0.243 e. The summed E-state index contributed by atoms with van der Waals surface area (Å²) in [5.74, 6) is 0.716. The quantitative estimate of drug-likeness (QED) is 0.763. The molecule has 0 unspecified atom stereocenters. The van der Waals surface area contributed by atoms with Gasteiger partial charge in [0.25, 0.3) is 0 Å². The van der Waals surface area contributed by atoms with Crippen LogP contribution in [0.4, 0.5) is 5.95 Å². The standard InChI is InChI=1S/C16H14BrN5/c17-13-8-6-11(7-9-13)14-10-15(12-4-2-1-3-5-12)22-16(18-14)19-20-21-22/h1-9,14-15H,10H2,(H,18,19,21)/t14-,15+/m0/s1. The molecule has 2 aromatic carbocycles. The topological polar surface area (TPSA) is 55.6 Å². The van der Waals surface area contributed by atoms with Crippen LogP contribution in [0.1, 0.15) is 29.6 Å². The Morgan fingerprint density at radius 3 is 2.55 bits per heavy atom. The van der Waals surface area contributed by atoms with Crippen molar-refractivity contribution in [2.75, 3.05) is 5.32 Å². The Hall–Kier alpha value is -2.21. The lowest BCUT2D eigenvalue weighted by molar-refractivity contribution is 0.424. The summed E-state index contributed by atoms with van der Waals surface area (Å²) in [5.41, 5.74) is 2.46. The molecule has 0 aliphatic carbocycles. The van der Waals surface area contributed by atoms with E-state index in [4.69, 9.17) is 0 Å². The number of tetrazole rings is 1. The molecule has 0 bridgehead atoms. The maximum Gasteiger partial charge on any atom is 0.243 e. The molecule has 1 aliphatic rings. The molecule has 2 heterocycles. The predicted molar refractivity (Wildman–Crippen MR) is 87.5 cm³/mol. The molecular formula is C16H14BrN5. The molecule has 1 N–H and O–H groups in total. The second kappa shape index (κ2) is 5.53. The number of nitrogens with one attached hydrogen (secondary N) is 1. The third kappa shape index (κ3) is 2.39. The van der Waals surface area contributed by atoms with Crippen molar-refractivity contribution in [2.45, 2.75) is 18.5 Å². The maximum atomic E-state index is 4.14. The average molecular weight is 356 g/mol. The highest BCUT2D eigenvalue weighted by Gasteiger charge is 2.30. The SMILES string of the molecule is Brc1ccc([C@@H]2C[C@H](c3ccccc3)n3nnnc3N2)cc1. The Kier molecular flexibility index (Phi) is 3.38. The van der Waals surface area contributed by atoms with E-state index >= 15 is 0 Å². The summed E-state index contributed by atoms with van der Waals surface area (Å²) in [6.45, 7) is 0. The van der Waals surface area contributed by atoms with Crippen LogP contribution in [-0.4, -0.2) is 20.2 Å². The lowest BCUT2D eigenvalue weighted by atomic mass is 9.93. The zero-order valence-electron chi connectivity index (χ0n) is 11.7. The molecule has 0 saturated carbocycles. The molecule has 6 heteroatoms. The Labute approximate surface area is 136 Å². The number of aromatic nitrogens is 4. The number of halogens is 1. The summed E-state index contributed by atoms with van der Waals surface area (Å²) in [4.78, 5) is 0. The van der Waals surface area contributed by atoms with Gasteiger partial charge in [-0.2, -0.15) is 0 Å². The zero-order valence-corrected chi connectivity index (χ0v) is 13.3. The average Bonchev–Trinajstić information content (AvgIpc) is 3.04. The number of benzene rings is 2. The van der Waals surface area contributed by atoms with E-state index < -0.39 is 0 Å². The van der Waals surface area contributed by atoms with E-state index in [1.165, 1.54) is 11.1 Å². The van der Waals surface area contributed by atoms with Crippen molar-refractivity contribution in [1.29, 1.82) is 0 Å². The third-order valence-corrected chi connectivity index (χ3v) is 4.54. The summed E-state index contributed by atoms with van der Waals surface area (Å²) in [6, 6.07) is 19.1. The van der Waals surface area contributed by atoms with Gasteiger partial charge in [0.05, 0.1) is 12.1 Å². The summed E-state index contributed by atoms with van der Waals surface area (Å²) >= 11 is 3.48. The van der Waals surface area contributed by atoms with Gasteiger partial charge in [0.1, 0.15) is 0 Å². The van der Waals surface area contributed by atoms with Crippen molar-refractivity contribution >= 4 is 21.9 Å². The number of fused-ring (bicyclic) bond motifs is 1. The fourth-order valence-corrected chi connectivity index (χ4v) is 3.17. The predicted octanol–water partition coefficient (Wildman–Crippen LogP) is 3.58. The Bertz CT molecular complexity index is 769. The van der Waals surface area contributed by atoms with Crippen LogP contribution in [-0.2, 0) is 0 Å². The Morgan fingerprint density at radius 1 is 1.00 bits per heavy atom. The molecule has 0 amide bonds. The molecule has 22 heavy (non-hydrogen) atoms. The second-order valence-corrected chi connectivity index (χ2v) is 6.27. The zero-order chi connectivity index (χ0) is 14.9. The van der Waals surface area contributed by atoms with Crippen molar-refractivity contribution in [3.8, 4) is 0 Å². The molecule has 110 valence electrons. The highest BCUT2D eigenvalue weighted by Crippen LogP contribution is 2.37. The van der Waals surface area contributed by atoms with Crippen molar-refractivity contribution in [2.24, 2.45) is 0 Å². The Balaban J connectivity index is 1.72. The monoisotopic (exact) mass is 355 g/mol. The number of rotatable bonds is 2. The van der Waals surface area contributed by atoms with Crippen molar-refractivity contribution < 1.29 is 0 Å². The molecule has 5 nitrogen and oxygen atoms in total. The van der Waals surface area contributed by atoms with Crippen molar-refractivity contribution in [3.05, 3.63) is 70.2 Å². The molecule has 4 rings (SSSR count). The van der Waals surface area contributed by atoms with Gasteiger partial charge in [0.2, 0.25) is 5.95 Å². The maximum absolute atomic E-state index is 4.14. The summed E-state index contributed by atoms with van der Waals surface area (Å²) in [5, 5.41) is 15.5. The van der Waals surface area contributed by atoms with Crippen LogP contribution >= 0.6 is 15.9 Å². The molecular weight excluding hydrogens is 342 g/mol. The van der Waals surface area contributed by atoms with Gasteiger partial charge in [-0.1, -0.05) is 63.5 Å². The second-order valence-electron chi connectivity index (χ2n) is 5.36. The van der Waals surface area contributed by atoms with Crippen LogP contribution in [0, 0.1) is 0 Å². The number of anilines is 1. The van der Waals surface area contributed by atoms with E-state index in [1.54, 1.807) is 0 Å². The minimum Gasteiger partial charge on any atom is -0.346 e. The van der Waals surface area contributed by atoms with Crippen molar-refractivity contribution in [3.63, 3.8) is 0 Å². The molecule has 0 radical (unpaired) electrons. The summed E-state index contributed by atoms with van der Waals surface area (Å²) in [7, 11) is 0. The fraction of sp³-hybridized carbons (Fsp3) is 0.188. The van der Waals surface area contributed by atoms with E-state index in [0.717, 1.165) is 10.9 Å². The van der Waals surface area contributed by atoms with E-state index in [2.05, 4.69) is 85.3 Å². The first-order valence-corrected chi connectivity index (χ1v) is 7.95. The van der Waals surface area contributed by atoms with Crippen LogP contribution in [0.5, 0.6) is 0 Å². The fourth-order valence-electron chi connectivity index (χ4n) is 2.90. The highest BCUT2D eigenvalue weighted by atomic mass is 79.9. The number of hydrogen-bond acceptors (Lipinski definition) is 4. The Morgan fingerprint density at radius 2 is 1.77 bits per heavy atom. The normalized spacial score (nSPS) is 20.2. The van der Waals surface area contributed by atoms with Crippen LogP contribution in [0.3, 0.4) is 0 Å². The van der Waals surface area contributed by atoms with E-state index in [0.29, 0.717) is 5.95 Å². The first kappa shape index (κ1) is 13.5. The van der Waals surface area contributed by atoms with Gasteiger partial charge in [-0.3, -0.25) is 0 Å². The third-order valence-electron chi connectivity index (χ3n) is 4.01. The van der Waals surface area contributed by atoms with Gasteiger partial charge < -0.3 is 5.32 Å². The van der Waals surface area contributed by atoms with Gasteiger partial charge >= 0.3 is 0 Å². The lowest BCUT2D eigenvalue weighted by Crippen LogP contribution is -2.28. The molecule has 0 spiro atoms. The van der Waals surface area contributed by atoms with Gasteiger partial charge in [-0.05, 0) is 40.1 Å². The molecule has 3 aromatic rings. The number of hydrogen-bond donors (Lipinski definition) is 1. The first-order valence-electron chi connectivity index (χ1n) is 7.16. The molecule has 2 atom stereocenters. The first-order chi connectivity index (χ1) is 10.8. The van der Waals surface area contributed by atoms with Crippen LogP contribution in [0.2, 0.25) is 0 Å². The molecule has 1 aromatic heterocycles. The molecule has 0 fully saturated rings. The minimum absolute atomic E-state index is 0.140. The summed E-state index contributed by atoms with van der Waals surface area (Å²) < 4.78 is 2.95. The minimum atomic E-state index is 0.140. The molecule has 0 saturated heterocycles. The highest BCUT2D eigenvalue weighted by molar-refractivity contribution is 9.10. The van der Waals surface area contributed by atoms with E-state index in [9.17, 15) is 0 Å². The van der Waals surface area contributed by atoms with Gasteiger partial charge in [0.15, 0.2) is 0 Å². The summed E-state index contributed by atoms with van der Waals surface area (Å²) in [6.07, 6.45) is 0.906. The van der Waals surface area contributed by atoms with Crippen molar-refractivity contribution in [1.82, 2.24) is 20.2 Å². The molecule has 1 aliphatic heterocycles. The van der Waals surface area contributed by atoms with Crippen LogP contribution in [0.15, 0.2) is 59.1 Å².